The van der Waals surface area contributed by atoms with Crippen LogP contribution in [-0.4, -0.2) is 49.6 Å². The highest BCUT2D eigenvalue weighted by Gasteiger charge is 2.33. The van der Waals surface area contributed by atoms with Crippen LogP contribution in [0.2, 0.25) is 0 Å². The van der Waals surface area contributed by atoms with Crippen molar-refractivity contribution in [2.24, 2.45) is 29.4 Å². The van der Waals surface area contributed by atoms with Crippen LogP contribution in [0.3, 0.4) is 0 Å². The van der Waals surface area contributed by atoms with E-state index in [0.717, 1.165) is 0 Å². The van der Waals surface area contributed by atoms with Gasteiger partial charge in [0.25, 0.3) is 0 Å². The van der Waals surface area contributed by atoms with Crippen LogP contribution >= 0.6 is 0 Å². The molecule has 0 radical (unpaired) electrons. The summed E-state index contributed by atoms with van der Waals surface area (Å²) in [7, 11) is -5.03. The lowest BCUT2D eigenvalue weighted by Crippen LogP contribution is -2.57. The lowest BCUT2D eigenvalue weighted by atomic mass is 9.99. The first-order valence-electron chi connectivity index (χ1n) is 12.0. The fourth-order valence-electron chi connectivity index (χ4n) is 3.50. The second-order valence-electron chi connectivity index (χ2n) is 10.7. The molecule has 0 saturated carbocycles. The van der Waals surface area contributed by atoms with Gasteiger partial charge in [-0.2, -0.15) is 8.42 Å². The Labute approximate surface area is 204 Å². The monoisotopic (exact) mass is 508 g/mol. The zero-order valence-electron chi connectivity index (χ0n) is 21.9. The zero-order valence-corrected chi connectivity index (χ0v) is 22.7. The average molecular weight is 509 g/mol. The maximum Gasteiger partial charge on any atom is 0.323 e. The van der Waals surface area contributed by atoms with Crippen molar-refractivity contribution in [2.45, 2.75) is 105 Å². The van der Waals surface area contributed by atoms with E-state index in [4.69, 9.17) is 5.73 Å². The fraction of sp³-hybridized carbons (Fsp3) is 0.870. The Balaban J connectivity index is 5.63. The van der Waals surface area contributed by atoms with Gasteiger partial charge in [0.1, 0.15) is 12.1 Å². The van der Waals surface area contributed by atoms with E-state index in [1.807, 2.05) is 41.5 Å². The smallest absolute Gasteiger partial charge is 0.323 e. The third-order valence-corrected chi connectivity index (χ3v) is 6.06. The summed E-state index contributed by atoms with van der Waals surface area (Å²) in [6.45, 7) is 14.7. The van der Waals surface area contributed by atoms with Crippen molar-refractivity contribution >= 4 is 27.9 Å². The van der Waals surface area contributed by atoms with Gasteiger partial charge in [0, 0.05) is 0 Å². The second-order valence-corrected chi connectivity index (χ2v) is 12.2. The van der Waals surface area contributed by atoms with E-state index in [-0.39, 0.29) is 36.5 Å². The molecule has 0 aromatic carbocycles. The largest absolute Gasteiger partial charge is 0.343 e. The molecule has 0 aromatic heterocycles. The van der Waals surface area contributed by atoms with Crippen LogP contribution in [-0.2, 0) is 24.6 Å². The summed E-state index contributed by atoms with van der Waals surface area (Å²) in [5.41, 5.74) is 5.95. The van der Waals surface area contributed by atoms with Gasteiger partial charge in [0.15, 0.2) is 5.37 Å². The number of rotatable bonds is 15. The quantitative estimate of drug-likeness (QED) is 0.249. The van der Waals surface area contributed by atoms with Crippen LogP contribution < -0.4 is 21.7 Å². The van der Waals surface area contributed by atoms with E-state index in [2.05, 4.69) is 16.0 Å². The maximum atomic E-state index is 13.8. The number of carbonyl (C=O) groups excluding carboxylic acids is 3. The minimum absolute atomic E-state index is 0.0285. The van der Waals surface area contributed by atoms with Gasteiger partial charge in [-0.05, 0) is 49.4 Å². The Morgan fingerprint density at radius 1 is 0.647 bits per heavy atom. The van der Waals surface area contributed by atoms with Gasteiger partial charge in [-0.15, -0.1) is 3.89 Å². The molecule has 0 unspecified atom stereocenters. The molecule has 34 heavy (non-hydrogen) atoms. The van der Waals surface area contributed by atoms with Crippen LogP contribution in [0.25, 0.3) is 0 Å². The number of carbonyl (C=O) groups is 3. The second kappa shape index (κ2) is 14.6. The maximum absolute atomic E-state index is 13.8. The molecule has 0 saturated heterocycles. The van der Waals surface area contributed by atoms with E-state index < -0.39 is 51.4 Å². The van der Waals surface area contributed by atoms with Gasteiger partial charge in [-0.3, -0.25) is 14.4 Å². The van der Waals surface area contributed by atoms with Crippen molar-refractivity contribution in [1.29, 1.82) is 0 Å². The molecular weight excluding hydrogens is 463 g/mol. The standard InChI is InChI=1S/C23H45FN4O5S/c1-13(2)9-17(25)21(29)26-18(10-14(3)4)22(30)27-19(11-15(5)6)23(31)28-20(12-16(7)8)34(24,32)33/h13-20H,9-12,25H2,1-8H3,(H,26,29)(H,27,30)(H,28,31)/t17-,18-,19-,20+/m0/s1. The Hall–Kier alpha value is -1.75. The van der Waals surface area contributed by atoms with Crippen molar-refractivity contribution in [3.8, 4) is 0 Å². The van der Waals surface area contributed by atoms with Gasteiger partial charge in [-0.25, -0.2) is 0 Å². The topological polar surface area (TPSA) is 147 Å². The highest BCUT2D eigenvalue weighted by molar-refractivity contribution is 7.87. The molecule has 0 fully saturated rings. The van der Waals surface area contributed by atoms with Gasteiger partial charge in [-0.1, -0.05) is 55.4 Å². The molecule has 0 heterocycles. The van der Waals surface area contributed by atoms with Crippen LogP contribution in [0.5, 0.6) is 0 Å². The summed E-state index contributed by atoms with van der Waals surface area (Å²) in [4.78, 5) is 38.5. The van der Waals surface area contributed by atoms with E-state index in [1.54, 1.807) is 13.8 Å². The predicted molar refractivity (Wildman–Crippen MR) is 132 cm³/mol. The van der Waals surface area contributed by atoms with Crippen LogP contribution in [0.1, 0.15) is 81.1 Å². The molecule has 4 atom stereocenters. The Morgan fingerprint density at radius 3 is 1.35 bits per heavy atom. The van der Waals surface area contributed by atoms with Crippen LogP contribution in [0, 0.1) is 23.7 Å². The molecule has 200 valence electrons. The van der Waals surface area contributed by atoms with Gasteiger partial charge in [0.2, 0.25) is 17.7 Å². The first kappa shape index (κ1) is 32.2. The summed E-state index contributed by atoms with van der Waals surface area (Å²) < 4.78 is 36.8. The van der Waals surface area contributed by atoms with Crippen LogP contribution in [0.4, 0.5) is 3.89 Å². The molecule has 0 aliphatic heterocycles. The van der Waals surface area contributed by atoms with E-state index in [9.17, 15) is 26.7 Å². The van der Waals surface area contributed by atoms with E-state index >= 15 is 0 Å². The Kier molecular flexibility index (Phi) is 13.9. The summed E-state index contributed by atoms with van der Waals surface area (Å²) in [6.07, 6.45) is 0.867. The average Bonchev–Trinajstić information content (AvgIpc) is 2.63. The van der Waals surface area contributed by atoms with Crippen molar-refractivity contribution in [3.63, 3.8) is 0 Å². The third kappa shape index (κ3) is 13.2. The van der Waals surface area contributed by atoms with Crippen molar-refractivity contribution in [3.05, 3.63) is 0 Å². The molecule has 0 bridgehead atoms. The first-order chi connectivity index (χ1) is 15.4. The molecule has 0 aromatic rings. The molecule has 9 nitrogen and oxygen atoms in total. The SMILES string of the molecule is CC(C)C[C@H](NC(=O)[C@H](CC(C)C)NC(=O)[C@@H](N)CC(C)C)C(=O)N[C@@H](CC(C)C)S(=O)(=O)F. The van der Waals surface area contributed by atoms with Crippen molar-refractivity contribution in [2.75, 3.05) is 0 Å². The molecule has 0 spiro atoms. The molecule has 11 heteroatoms. The molecule has 0 rings (SSSR count). The molecular formula is C23H45FN4O5S. The molecule has 5 N–H and O–H groups in total. The van der Waals surface area contributed by atoms with Gasteiger partial charge >= 0.3 is 10.2 Å². The van der Waals surface area contributed by atoms with Crippen molar-refractivity contribution in [1.82, 2.24) is 16.0 Å². The normalized spacial score (nSPS) is 15.8. The number of nitrogens with two attached hydrogens (primary N) is 1. The third-order valence-electron chi connectivity index (χ3n) is 5.07. The number of nitrogens with one attached hydrogen (secondary N) is 3. The zero-order chi connectivity index (χ0) is 26.8. The van der Waals surface area contributed by atoms with Crippen molar-refractivity contribution < 1.29 is 26.7 Å². The number of halogens is 1. The minimum Gasteiger partial charge on any atom is -0.343 e. The Bertz CT molecular complexity index is 771. The van der Waals surface area contributed by atoms with Gasteiger partial charge in [0.05, 0.1) is 6.04 Å². The van der Waals surface area contributed by atoms with E-state index in [0.29, 0.717) is 12.8 Å². The minimum atomic E-state index is -5.03. The number of hydrogen-bond acceptors (Lipinski definition) is 6. The van der Waals surface area contributed by atoms with Crippen LogP contribution in [0.15, 0.2) is 0 Å². The molecule has 3 amide bonds. The predicted octanol–water partition coefficient (Wildman–Crippen LogP) is 2.21. The lowest BCUT2D eigenvalue weighted by molar-refractivity contribution is -0.133. The van der Waals surface area contributed by atoms with E-state index in [1.165, 1.54) is 0 Å². The summed E-state index contributed by atoms with van der Waals surface area (Å²) in [6, 6.07) is -2.80. The first-order valence-corrected chi connectivity index (χ1v) is 13.5. The highest BCUT2D eigenvalue weighted by Crippen LogP contribution is 2.14. The summed E-state index contributed by atoms with van der Waals surface area (Å²) in [5.74, 6) is -1.79. The van der Waals surface area contributed by atoms with Gasteiger partial charge < -0.3 is 21.7 Å². The highest BCUT2D eigenvalue weighted by atomic mass is 32.3. The Morgan fingerprint density at radius 2 is 1.00 bits per heavy atom. The lowest BCUT2D eigenvalue weighted by Gasteiger charge is -2.27. The number of amides is 3. The molecule has 0 aliphatic carbocycles. The molecule has 0 aliphatic rings. The number of hydrogen-bond donors (Lipinski definition) is 4. The summed E-state index contributed by atoms with van der Waals surface area (Å²) >= 11 is 0. The summed E-state index contributed by atoms with van der Waals surface area (Å²) in [5, 5.41) is 5.84. The fourth-order valence-corrected chi connectivity index (χ4v) is 4.38.